The molecule has 0 unspecified atom stereocenters. The van der Waals surface area contributed by atoms with Crippen LogP contribution >= 0.6 is 0 Å². The molecule has 4 heterocycles. The molecule has 0 bridgehead atoms. The molecule has 14 nitrogen and oxygen atoms in total. The molecule has 8 rings (SSSR count). The first kappa shape index (κ1) is 42.1. The van der Waals surface area contributed by atoms with Crippen molar-refractivity contribution < 1.29 is 58.3 Å². The Morgan fingerprint density at radius 3 is 0.825 bits per heavy atom. The van der Waals surface area contributed by atoms with Crippen LogP contribution in [0.15, 0.2) is 48.6 Å². The predicted molar refractivity (Wildman–Crippen MR) is 208 cm³/mol. The van der Waals surface area contributed by atoms with Crippen LogP contribution in [0.2, 0.25) is 0 Å². The highest BCUT2D eigenvalue weighted by molar-refractivity contribution is 5.22. The summed E-state index contributed by atoms with van der Waals surface area (Å²) in [5.41, 5.74) is 0. The maximum Gasteiger partial charge on any atom is 0.164 e. The lowest BCUT2D eigenvalue weighted by molar-refractivity contribution is -0.162. The number of aliphatic hydroxyl groups is 4. The molecule has 0 spiro atoms. The van der Waals surface area contributed by atoms with Gasteiger partial charge >= 0.3 is 0 Å². The van der Waals surface area contributed by atoms with Crippen LogP contribution in [-0.4, -0.2) is 164 Å². The summed E-state index contributed by atoms with van der Waals surface area (Å²) in [6.45, 7) is 16.1. The number of nitrogens with zero attached hydrogens (tertiary/aromatic N) is 2. The molecule has 4 aliphatic heterocycles. The Morgan fingerprint density at radius 2 is 0.579 bits per heavy atom. The van der Waals surface area contributed by atoms with Crippen molar-refractivity contribution in [1.82, 2.24) is 9.80 Å². The van der Waals surface area contributed by atoms with Gasteiger partial charge in [0.15, 0.2) is 23.1 Å². The Bertz CT molecular complexity index is 1350. The molecule has 16 atom stereocenters. The van der Waals surface area contributed by atoms with E-state index in [0.29, 0.717) is 13.1 Å². The highest BCUT2D eigenvalue weighted by Crippen LogP contribution is 2.41. The smallest absolute Gasteiger partial charge is 0.164 e. The molecule has 0 aromatic carbocycles. The zero-order chi connectivity index (χ0) is 40.7. The fourth-order valence-corrected chi connectivity index (χ4v) is 10.4. The molecule has 0 radical (unpaired) electrons. The van der Waals surface area contributed by atoms with E-state index in [1.165, 1.54) is 0 Å². The second-order valence-corrected chi connectivity index (χ2v) is 19.0. The average Bonchev–Trinajstić information content (AvgIpc) is 3.84. The van der Waals surface area contributed by atoms with Crippen molar-refractivity contribution in [3.63, 3.8) is 0 Å². The first-order chi connectivity index (χ1) is 26.8. The lowest BCUT2D eigenvalue weighted by Gasteiger charge is -2.45. The Labute approximate surface area is 337 Å². The molecule has 4 N–H and O–H groups in total. The van der Waals surface area contributed by atoms with Crippen molar-refractivity contribution in [3.8, 4) is 0 Å². The van der Waals surface area contributed by atoms with Gasteiger partial charge in [-0.2, -0.15) is 0 Å². The summed E-state index contributed by atoms with van der Waals surface area (Å²) in [4.78, 5) is 4.36. The van der Waals surface area contributed by atoms with Gasteiger partial charge in [-0.15, -0.1) is 0 Å². The van der Waals surface area contributed by atoms with Crippen molar-refractivity contribution in [2.24, 2.45) is 0 Å². The van der Waals surface area contributed by atoms with Crippen molar-refractivity contribution in [1.29, 1.82) is 0 Å². The fraction of sp³-hybridized carbons (Fsp3) is 0.814. The van der Waals surface area contributed by atoms with E-state index in [2.05, 4.69) is 9.80 Å². The molecule has 0 amide bonds. The van der Waals surface area contributed by atoms with Gasteiger partial charge in [-0.3, -0.25) is 9.80 Å². The number of ether oxygens (including phenoxy) is 8. The third-order valence-corrected chi connectivity index (χ3v) is 12.8. The Kier molecular flexibility index (Phi) is 11.6. The van der Waals surface area contributed by atoms with Crippen molar-refractivity contribution in [2.45, 2.75) is 208 Å². The molecule has 320 valence electrons. The summed E-state index contributed by atoms with van der Waals surface area (Å²) in [7, 11) is 0. The quantitative estimate of drug-likeness (QED) is 0.169. The largest absolute Gasteiger partial charge is 0.388 e. The molecule has 4 saturated heterocycles. The van der Waals surface area contributed by atoms with Gasteiger partial charge in [0.25, 0.3) is 0 Å². The van der Waals surface area contributed by atoms with Crippen molar-refractivity contribution in [2.75, 3.05) is 13.1 Å². The number of hydrogen-bond acceptors (Lipinski definition) is 14. The Hall–Kier alpha value is -1.60. The normalized spacial score (nSPS) is 45.7. The van der Waals surface area contributed by atoms with Gasteiger partial charge in [0.1, 0.15) is 73.2 Å². The molecule has 0 aromatic heterocycles. The van der Waals surface area contributed by atoms with Gasteiger partial charge in [-0.05, 0) is 81.3 Å². The third-order valence-electron chi connectivity index (χ3n) is 12.8. The number of rotatable bonds is 12. The van der Waals surface area contributed by atoms with Crippen LogP contribution < -0.4 is 0 Å². The molecular formula is C43H66N2O12. The number of aliphatic hydroxyl groups excluding tert-OH is 4. The molecule has 4 aliphatic carbocycles. The number of unbranched alkanes of at least 4 members (excludes halogenated alkanes) is 4. The third kappa shape index (κ3) is 8.52. The lowest BCUT2D eigenvalue weighted by Crippen LogP contribution is -2.60. The standard InChI is InChI=1S/C43H66N2O12/c1-40(2)50-28-18-14-24(32(46)36(28)54-40)44(25-15-19-29-37(33(25)47)55-41(3,4)51-29)22-12-10-9-11-13-23-45(26-16-20-30-38(34(26)48)56-42(5,6)52-30)27-17-21-31-39(35(27)49)57-43(7,8)53-31/h14-21,24-39,46-49H,9-13,22-23H2,1-8H3/t24-,25-,26-,27-,28+,29+,30+,31+,32+,33+,34+,35+,36+,37+,38+,39+/m0/s1. The van der Waals surface area contributed by atoms with E-state index >= 15 is 0 Å². The van der Waals surface area contributed by atoms with Crippen LogP contribution in [0.3, 0.4) is 0 Å². The molecule has 0 saturated carbocycles. The minimum atomic E-state index is -0.860. The lowest BCUT2D eigenvalue weighted by atomic mass is 9.87. The second kappa shape index (κ2) is 15.7. The minimum Gasteiger partial charge on any atom is -0.388 e. The van der Waals surface area contributed by atoms with E-state index in [-0.39, 0.29) is 24.4 Å². The minimum absolute atomic E-state index is 0.341. The predicted octanol–water partition coefficient (Wildman–Crippen LogP) is 2.82. The van der Waals surface area contributed by atoms with E-state index in [1.54, 1.807) is 0 Å². The van der Waals surface area contributed by atoms with E-state index in [0.717, 1.165) is 32.1 Å². The maximum atomic E-state index is 11.7. The van der Waals surface area contributed by atoms with Crippen LogP contribution in [0.25, 0.3) is 0 Å². The summed E-state index contributed by atoms with van der Waals surface area (Å²) in [6, 6.07) is -1.62. The summed E-state index contributed by atoms with van der Waals surface area (Å²) in [6.07, 6.45) is 13.5. The average molecular weight is 803 g/mol. The molecule has 4 fully saturated rings. The number of hydrogen-bond donors (Lipinski definition) is 4. The van der Waals surface area contributed by atoms with Crippen molar-refractivity contribution >= 4 is 0 Å². The van der Waals surface area contributed by atoms with Crippen LogP contribution in [0.4, 0.5) is 0 Å². The monoisotopic (exact) mass is 802 g/mol. The summed E-state index contributed by atoms with van der Waals surface area (Å²) in [5, 5.41) is 46.9. The molecule has 57 heavy (non-hydrogen) atoms. The topological polar surface area (TPSA) is 161 Å². The van der Waals surface area contributed by atoms with E-state index < -0.39 is 96.1 Å². The van der Waals surface area contributed by atoms with E-state index in [4.69, 9.17) is 37.9 Å². The molecule has 14 heteroatoms. The Morgan fingerprint density at radius 1 is 0.351 bits per heavy atom. The van der Waals surface area contributed by atoms with Gasteiger partial charge in [0.2, 0.25) is 0 Å². The molecular weight excluding hydrogens is 736 g/mol. The number of fused-ring (bicyclic) bond motifs is 4. The van der Waals surface area contributed by atoms with E-state index in [1.807, 2.05) is 104 Å². The van der Waals surface area contributed by atoms with Gasteiger partial charge < -0.3 is 58.3 Å². The Balaban J connectivity index is 0.916. The highest BCUT2D eigenvalue weighted by atomic mass is 16.8. The first-order valence-corrected chi connectivity index (χ1v) is 21.2. The van der Waals surface area contributed by atoms with Crippen LogP contribution in [-0.2, 0) is 37.9 Å². The fourth-order valence-electron chi connectivity index (χ4n) is 10.4. The van der Waals surface area contributed by atoms with Gasteiger partial charge in [-0.25, -0.2) is 0 Å². The summed E-state index contributed by atoms with van der Waals surface area (Å²) in [5.74, 6) is -3.22. The van der Waals surface area contributed by atoms with Crippen molar-refractivity contribution in [3.05, 3.63) is 48.6 Å². The maximum absolute atomic E-state index is 11.7. The van der Waals surface area contributed by atoms with Crippen LogP contribution in [0.1, 0.15) is 87.5 Å². The van der Waals surface area contributed by atoms with Gasteiger partial charge in [0, 0.05) is 0 Å². The molecule has 8 aliphatic rings. The van der Waals surface area contributed by atoms with Crippen LogP contribution in [0, 0.1) is 0 Å². The SMILES string of the molecule is CC1(C)O[C@H]2[C@H](O)[C@@H](N(CCCCCCCN([C@H]3C=C[C@H]4OC(C)(C)O[C@H]4[C@@H]3O)[C@H]3C=C[C@H]4OC(C)(C)O[C@H]4[C@@H]3O)[C@H]3C=C[C@H]4OC(C)(C)O[C@H]4[C@@H]3O)C=C[C@H]2O1. The summed E-state index contributed by atoms with van der Waals surface area (Å²) >= 11 is 0. The van der Waals surface area contributed by atoms with Gasteiger partial charge in [-0.1, -0.05) is 67.9 Å². The zero-order valence-electron chi connectivity index (χ0n) is 34.8. The summed E-state index contributed by atoms with van der Waals surface area (Å²) < 4.78 is 48.8. The highest BCUT2D eigenvalue weighted by Gasteiger charge is 2.55. The first-order valence-electron chi connectivity index (χ1n) is 21.2. The second-order valence-electron chi connectivity index (χ2n) is 19.0. The van der Waals surface area contributed by atoms with E-state index in [9.17, 15) is 20.4 Å². The van der Waals surface area contributed by atoms with Gasteiger partial charge in [0.05, 0.1) is 24.2 Å². The van der Waals surface area contributed by atoms with Crippen LogP contribution in [0.5, 0.6) is 0 Å². The zero-order valence-corrected chi connectivity index (χ0v) is 34.8. The molecule has 0 aromatic rings.